The van der Waals surface area contributed by atoms with E-state index in [-0.39, 0.29) is 0 Å². The van der Waals surface area contributed by atoms with Gasteiger partial charge in [0, 0.05) is 32.8 Å². The first-order valence-corrected chi connectivity index (χ1v) is 6.12. The molecule has 3 nitrogen and oxygen atoms in total. The fraction of sp³-hybridized carbons (Fsp3) is 0.909. The van der Waals surface area contributed by atoms with Crippen molar-refractivity contribution in [3.05, 3.63) is 0 Å². The molecule has 0 bridgehead atoms. The van der Waals surface area contributed by atoms with Gasteiger partial charge >= 0.3 is 0 Å². The minimum atomic E-state index is 0.497. The molecule has 1 unspecified atom stereocenters. The van der Waals surface area contributed by atoms with Crippen molar-refractivity contribution in [2.45, 2.75) is 39.7 Å². The smallest absolute Gasteiger partial charge is 0.168 e. The van der Waals surface area contributed by atoms with E-state index < -0.39 is 0 Å². The third-order valence-electron chi connectivity index (χ3n) is 2.52. The minimum Gasteiger partial charge on any atom is -0.382 e. The maximum Gasteiger partial charge on any atom is 0.168 e. The number of hydrogen-bond acceptors (Lipinski definition) is 2. The van der Waals surface area contributed by atoms with E-state index in [9.17, 15) is 0 Å². The van der Waals surface area contributed by atoms with Crippen LogP contribution in [0, 0.1) is 0 Å². The van der Waals surface area contributed by atoms with Crippen LogP contribution in [0.25, 0.3) is 0 Å². The second-order valence-electron chi connectivity index (χ2n) is 3.65. The van der Waals surface area contributed by atoms with Crippen LogP contribution < -0.4 is 5.32 Å². The van der Waals surface area contributed by atoms with E-state index in [0.717, 1.165) is 37.7 Å². The lowest BCUT2D eigenvalue weighted by Gasteiger charge is -2.26. The summed E-state index contributed by atoms with van der Waals surface area (Å²) >= 11 is 5.27. The molecule has 1 N–H and O–H groups in total. The normalized spacial score (nSPS) is 12.3. The minimum absolute atomic E-state index is 0.497. The van der Waals surface area contributed by atoms with Crippen molar-refractivity contribution in [2.24, 2.45) is 0 Å². The molecule has 0 aliphatic heterocycles. The summed E-state index contributed by atoms with van der Waals surface area (Å²) in [5.74, 6) is 0. The molecule has 0 aliphatic rings. The average Bonchev–Trinajstić information content (AvgIpc) is 2.26. The van der Waals surface area contributed by atoms with Crippen LogP contribution in [0.2, 0.25) is 0 Å². The van der Waals surface area contributed by atoms with Gasteiger partial charge in [-0.2, -0.15) is 0 Å². The fourth-order valence-corrected chi connectivity index (χ4v) is 1.39. The molecule has 0 saturated heterocycles. The predicted molar refractivity (Wildman–Crippen MR) is 69.2 cm³/mol. The highest BCUT2D eigenvalue weighted by Gasteiger charge is 2.09. The molecule has 0 aromatic carbocycles. The Bertz CT molecular complexity index is 176. The van der Waals surface area contributed by atoms with E-state index in [1.165, 1.54) is 0 Å². The molecule has 0 radical (unpaired) electrons. The van der Waals surface area contributed by atoms with Crippen LogP contribution in [0.3, 0.4) is 0 Å². The second-order valence-corrected chi connectivity index (χ2v) is 4.04. The van der Waals surface area contributed by atoms with Gasteiger partial charge in [0.05, 0.1) is 0 Å². The van der Waals surface area contributed by atoms with E-state index in [4.69, 9.17) is 17.0 Å². The van der Waals surface area contributed by atoms with Gasteiger partial charge < -0.3 is 15.0 Å². The third kappa shape index (κ3) is 6.68. The Balaban J connectivity index is 3.56. The SMILES string of the molecule is CCOCCCNC(=S)N(C)C(C)CC. The Morgan fingerprint density at radius 1 is 1.47 bits per heavy atom. The summed E-state index contributed by atoms with van der Waals surface area (Å²) in [5, 5.41) is 4.07. The van der Waals surface area contributed by atoms with E-state index in [0.29, 0.717) is 6.04 Å². The van der Waals surface area contributed by atoms with E-state index in [1.54, 1.807) is 0 Å². The molecule has 0 aliphatic carbocycles. The Morgan fingerprint density at radius 2 is 2.13 bits per heavy atom. The van der Waals surface area contributed by atoms with Crippen LogP contribution in [0.1, 0.15) is 33.6 Å². The molecule has 0 spiro atoms. The topological polar surface area (TPSA) is 24.5 Å². The number of nitrogens with zero attached hydrogens (tertiary/aromatic N) is 1. The van der Waals surface area contributed by atoms with Gasteiger partial charge in [0.15, 0.2) is 5.11 Å². The zero-order chi connectivity index (χ0) is 11.7. The number of ether oxygens (including phenoxy) is 1. The summed E-state index contributed by atoms with van der Waals surface area (Å²) in [4.78, 5) is 2.11. The zero-order valence-corrected chi connectivity index (χ0v) is 11.2. The monoisotopic (exact) mass is 232 g/mol. The van der Waals surface area contributed by atoms with Gasteiger partial charge in [-0.15, -0.1) is 0 Å². The van der Waals surface area contributed by atoms with Crippen molar-refractivity contribution < 1.29 is 4.74 Å². The quantitative estimate of drug-likeness (QED) is 0.536. The lowest BCUT2D eigenvalue weighted by molar-refractivity contribution is 0.145. The van der Waals surface area contributed by atoms with Crippen LogP contribution >= 0.6 is 12.2 Å². The molecule has 0 fully saturated rings. The van der Waals surface area contributed by atoms with E-state index >= 15 is 0 Å². The predicted octanol–water partition coefficient (Wildman–Crippen LogP) is 2.02. The van der Waals surface area contributed by atoms with Crippen molar-refractivity contribution in [1.82, 2.24) is 10.2 Å². The van der Waals surface area contributed by atoms with Crippen molar-refractivity contribution >= 4 is 17.3 Å². The molecule has 15 heavy (non-hydrogen) atoms. The molecular weight excluding hydrogens is 208 g/mol. The first-order chi connectivity index (χ1) is 7.13. The maximum atomic E-state index is 5.27. The number of nitrogens with one attached hydrogen (secondary N) is 1. The fourth-order valence-electron chi connectivity index (χ4n) is 1.11. The summed E-state index contributed by atoms with van der Waals surface area (Å²) in [6, 6.07) is 0.497. The van der Waals surface area contributed by atoms with Gasteiger partial charge in [-0.25, -0.2) is 0 Å². The number of thiocarbonyl (C=S) groups is 1. The molecule has 0 rings (SSSR count). The van der Waals surface area contributed by atoms with Gasteiger partial charge in [0.1, 0.15) is 0 Å². The average molecular weight is 232 g/mol. The Morgan fingerprint density at radius 3 is 2.67 bits per heavy atom. The first-order valence-electron chi connectivity index (χ1n) is 5.71. The van der Waals surface area contributed by atoms with Crippen LogP contribution in [0.4, 0.5) is 0 Å². The van der Waals surface area contributed by atoms with Gasteiger partial charge in [0.2, 0.25) is 0 Å². The highest BCUT2D eigenvalue weighted by molar-refractivity contribution is 7.80. The molecule has 0 aromatic heterocycles. The van der Waals surface area contributed by atoms with Gasteiger partial charge in [-0.1, -0.05) is 6.92 Å². The van der Waals surface area contributed by atoms with Crippen molar-refractivity contribution in [1.29, 1.82) is 0 Å². The lowest BCUT2D eigenvalue weighted by atomic mass is 10.2. The molecule has 1 atom stereocenters. The highest BCUT2D eigenvalue weighted by atomic mass is 32.1. The Labute approximate surface area is 99.2 Å². The molecule has 4 heteroatoms. The van der Waals surface area contributed by atoms with Gasteiger partial charge in [-0.05, 0) is 38.9 Å². The molecule has 90 valence electrons. The highest BCUT2D eigenvalue weighted by Crippen LogP contribution is 2.00. The zero-order valence-electron chi connectivity index (χ0n) is 10.4. The lowest BCUT2D eigenvalue weighted by Crippen LogP contribution is -2.42. The standard InChI is InChI=1S/C11H24N2OS/c1-5-10(3)13(4)11(15)12-8-7-9-14-6-2/h10H,5-9H2,1-4H3,(H,12,15). The summed E-state index contributed by atoms with van der Waals surface area (Å²) in [6.07, 6.45) is 2.11. The second kappa shape index (κ2) is 8.92. The molecule has 0 amide bonds. The summed E-state index contributed by atoms with van der Waals surface area (Å²) < 4.78 is 5.25. The molecular formula is C11H24N2OS. The number of hydrogen-bond donors (Lipinski definition) is 1. The maximum absolute atomic E-state index is 5.27. The van der Waals surface area contributed by atoms with Crippen LogP contribution in [-0.4, -0.2) is 42.9 Å². The van der Waals surface area contributed by atoms with Gasteiger partial charge in [0.25, 0.3) is 0 Å². The Kier molecular flexibility index (Phi) is 8.71. The van der Waals surface area contributed by atoms with Crippen molar-refractivity contribution in [3.63, 3.8) is 0 Å². The Hall–Kier alpha value is -0.350. The van der Waals surface area contributed by atoms with Gasteiger partial charge in [-0.3, -0.25) is 0 Å². The van der Waals surface area contributed by atoms with Crippen molar-refractivity contribution in [3.8, 4) is 0 Å². The summed E-state index contributed by atoms with van der Waals surface area (Å²) in [6.45, 7) is 8.83. The largest absolute Gasteiger partial charge is 0.382 e. The van der Waals surface area contributed by atoms with Crippen LogP contribution in [0.5, 0.6) is 0 Å². The number of rotatable bonds is 7. The third-order valence-corrected chi connectivity index (χ3v) is 2.95. The molecule has 0 heterocycles. The van der Waals surface area contributed by atoms with E-state index in [1.807, 2.05) is 14.0 Å². The van der Waals surface area contributed by atoms with Crippen molar-refractivity contribution in [2.75, 3.05) is 26.8 Å². The van der Waals surface area contributed by atoms with Crippen LogP contribution in [-0.2, 0) is 4.74 Å². The summed E-state index contributed by atoms with van der Waals surface area (Å²) in [7, 11) is 2.03. The molecule has 0 aromatic rings. The first kappa shape index (κ1) is 14.6. The summed E-state index contributed by atoms with van der Waals surface area (Å²) in [5.41, 5.74) is 0. The molecule has 0 saturated carbocycles. The van der Waals surface area contributed by atoms with Crippen LogP contribution in [0.15, 0.2) is 0 Å². The van der Waals surface area contributed by atoms with E-state index in [2.05, 4.69) is 24.1 Å².